The Morgan fingerprint density at radius 2 is 1.52 bits per heavy atom. The molecule has 0 N–H and O–H groups in total. The maximum absolute atomic E-state index is 6.09. The molecule has 1 aliphatic heterocycles. The Hall–Kier alpha value is -1.91. The second-order valence-corrected chi connectivity index (χ2v) is 6.85. The van der Waals surface area contributed by atoms with Gasteiger partial charge in [-0.2, -0.15) is 0 Å². The summed E-state index contributed by atoms with van der Waals surface area (Å²) in [5.74, 6) is 0. The zero-order valence-electron chi connectivity index (χ0n) is 14.1. The molecule has 0 spiro atoms. The van der Waals surface area contributed by atoms with Crippen LogP contribution in [0.15, 0.2) is 59.6 Å². The van der Waals surface area contributed by atoms with E-state index >= 15 is 0 Å². The van der Waals surface area contributed by atoms with Gasteiger partial charge in [-0.25, -0.2) is 0 Å². The predicted octanol–water partition coefficient (Wildman–Crippen LogP) is 3.74. The van der Waals surface area contributed by atoms with Crippen molar-refractivity contribution in [2.24, 2.45) is 4.99 Å². The number of rotatable bonds is 3. The van der Waals surface area contributed by atoms with Crippen LogP contribution in [0, 0.1) is 0 Å². The summed E-state index contributed by atoms with van der Waals surface area (Å²) in [6, 6.07) is 18.1. The normalized spacial score (nSPS) is 19.4. The van der Waals surface area contributed by atoms with Crippen LogP contribution >= 0.6 is 0 Å². The van der Waals surface area contributed by atoms with Crippen molar-refractivity contribution >= 4 is 24.5 Å². The van der Waals surface area contributed by atoms with Gasteiger partial charge in [0.25, 0.3) is 0 Å². The molecule has 2 aromatic carbocycles. The van der Waals surface area contributed by atoms with Gasteiger partial charge in [-0.15, -0.1) is 0 Å². The topological polar surface area (TPSA) is 30.8 Å². The van der Waals surface area contributed by atoms with Gasteiger partial charge in [-0.05, 0) is 50.9 Å². The molecular formula is C19H22BNO2. The first-order valence-electron chi connectivity index (χ1n) is 7.92. The number of hydrogen-bond acceptors (Lipinski definition) is 3. The standard InChI is InChI=1S/C19H22BNO2/c1-18(2)19(3,4)23-20(22-18)16-11-8-12-17(13-16)21-14-15-9-6-5-7-10-15/h5-14H,1-4H3. The van der Waals surface area contributed by atoms with Gasteiger partial charge in [0.15, 0.2) is 0 Å². The van der Waals surface area contributed by atoms with Gasteiger partial charge in [0.1, 0.15) is 0 Å². The highest BCUT2D eigenvalue weighted by atomic mass is 16.7. The summed E-state index contributed by atoms with van der Waals surface area (Å²) >= 11 is 0. The van der Waals surface area contributed by atoms with Crippen LogP contribution in [-0.4, -0.2) is 24.5 Å². The number of aliphatic imine (C=N–C) groups is 1. The van der Waals surface area contributed by atoms with Crippen molar-refractivity contribution in [3.05, 3.63) is 60.2 Å². The molecule has 0 atom stereocenters. The van der Waals surface area contributed by atoms with E-state index < -0.39 is 0 Å². The Morgan fingerprint density at radius 3 is 2.17 bits per heavy atom. The molecule has 0 unspecified atom stereocenters. The highest BCUT2D eigenvalue weighted by Crippen LogP contribution is 2.36. The van der Waals surface area contributed by atoms with Crippen molar-refractivity contribution in [3.8, 4) is 0 Å². The average Bonchev–Trinajstić information content (AvgIpc) is 2.75. The molecule has 0 aromatic heterocycles. The third-order valence-corrected chi connectivity index (χ3v) is 4.56. The second kappa shape index (κ2) is 5.95. The Bertz CT molecular complexity index is 694. The summed E-state index contributed by atoms with van der Waals surface area (Å²) in [4.78, 5) is 4.55. The molecule has 0 aliphatic carbocycles. The van der Waals surface area contributed by atoms with E-state index in [0.29, 0.717) is 0 Å². The highest BCUT2D eigenvalue weighted by Gasteiger charge is 2.51. The summed E-state index contributed by atoms with van der Waals surface area (Å²) in [6.07, 6.45) is 1.86. The van der Waals surface area contributed by atoms with Gasteiger partial charge in [-0.1, -0.05) is 42.5 Å². The molecule has 0 saturated carbocycles. The summed E-state index contributed by atoms with van der Waals surface area (Å²) in [7, 11) is -0.355. The summed E-state index contributed by atoms with van der Waals surface area (Å²) < 4.78 is 12.2. The van der Waals surface area contributed by atoms with Crippen molar-refractivity contribution in [1.29, 1.82) is 0 Å². The van der Waals surface area contributed by atoms with Crippen molar-refractivity contribution in [3.63, 3.8) is 0 Å². The Morgan fingerprint density at radius 1 is 0.870 bits per heavy atom. The van der Waals surface area contributed by atoms with E-state index in [1.807, 2.05) is 60.8 Å². The molecule has 4 heteroatoms. The lowest BCUT2D eigenvalue weighted by atomic mass is 9.79. The first kappa shape index (κ1) is 16.0. The summed E-state index contributed by atoms with van der Waals surface area (Å²) in [5.41, 5.74) is 2.29. The number of benzene rings is 2. The zero-order valence-corrected chi connectivity index (χ0v) is 14.1. The minimum atomic E-state index is -0.355. The van der Waals surface area contributed by atoms with Crippen LogP contribution in [0.3, 0.4) is 0 Å². The number of hydrogen-bond donors (Lipinski definition) is 0. The Labute approximate surface area is 138 Å². The monoisotopic (exact) mass is 307 g/mol. The van der Waals surface area contributed by atoms with E-state index in [2.05, 4.69) is 32.7 Å². The molecule has 3 rings (SSSR count). The smallest absolute Gasteiger partial charge is 0.399 e. The van der Waals surface area contributed by atoms with Gasteiger partial charge in [0.05, 0.1) is 16.9 Å². The van der Waals surface area contributed by atoms with E-state index in [9.17, 15) is 0 Å². The fourth-order valence-electron chi connectivity index (χ4n) is 2.42. The molecule has 1 saturated heterocycles. The third kappa shape index (κ3) is 3.38. The lowest BCUT2D eigenvalue weighted by Gasteiger charge is -2.32. The van der Waals surface area contributed by atoms with Gasteiger partial charge in [0, 0.05) is 6.21 Å². The fourth-order valence-corrected chi connectivity index (χ4v) is 2.42. The lowest BCUT2D eigenvalue weighted by Crippen LogP contribution is -2.41. The fraction of sp³-hybridized carbons (Fsp3) is 0.316. The van der Waals surface area contributed by atoms with Crippen LogP contribution in [-0.2, 0) is 9.31 Å². The van der Waals surface area contributed by atoms with Crippen LogP contribution < -0.4 is 5.46 Å². The largest absolute Gasteiger partial charge is 0.494 e. The minimum absolute atomic E-state index is 0.332. The van der Waals surface area contributed by atoms with E-state index in [4.69, 9.17) is 9.31 Å². The third-order valence-electron chi connectivity index (χ3n) is 4.56. The van der Waals surface area contributed by atoms with Crippen molar-refractivity contribution < 1.29 is 9.31 Å². The quantitative estimate of drug-likeness (QED) is 0.639. The van der Waals surface area contributed by atoms with E-state index in [-0.39, 0.29) is 18.3 Å². The van der Waals surface area contributed by atoms with Crippen molar-refractivity contribution in [2.75, 3.05) is 0 Å². The van der Waals surface area contributed by atoms with Crippen LogP contribution in [0.1, 0.15) is 33.3 Å². The van der Waals surface area contributed by atoms with Gasteiger partial charge in [-0.3, -0.25) is 4.99 Å². The molecule has 0 bridgehead atoms. The average molecular weight is 307 g/mol. The Kier molecular flexibility index (Phi) is 4.13. The second-order valence-electron chi connectivity index (χ2n) is 6.85. The first-order chi connectivity index (χ1) is 10.9. The lowest BCUT2D eigenvalue weighted by molar-refractivity contribution is 0.00578. The predicted molar refractivity (Wildman–Crippen MR) is 95.9 cm³/mol. The van der Waals surface area contributed by atoms with Crippen LogP contribution in [0.2, 0.25) is 0 Å². The molecule has 0 amide bonds. The summed E-state index contributed by atoms with van der Waals surface area (Å²) in [6.45, 7) is 8.24. The van der Waals surface area contributed by atoms with Crippen LogP contribution in [0.5, 0.6) is 0 Å². The van der Waals surface area contributed by atoms with Gasteiger partial charge < -0.3 is 9.31 Å². The van der Waals surface area contributed by atoms with E-state index in [1.54, 1.807) is 0 Å². The minimum Gasteiger partial charge on any atom is -0.399 e. The van der Waals surface area contributed by atoms with Crippen molar-refractivity contribution in [1.82, 2.24) is 0 Å². The van der Waals surface area contributed by atoms with Crippen LogP contribution in [0.25, 0.3) is 0 Å². The van der Waals surface area contributed by atoms with E-state index in [1.165, 1.54) is 0 Å². The Balaban J connectivity index is 1.80. The molecule has 1 aliphatic rings. The molecule has 0 radical (unpaired) electrons. The van der Waals surface area contributed by atoms with Gasteiger partial charge in [0.2, 0.25) is 0 Å². The zero-order chi connectivity index (χ0) is 16.5. The molecule has 3 nitrogen and oxygen atoms in total. The molecule has 23 heavy (non-hydrogen) atoms. The maximum Gasteiger partial charge on any atom is 0.494 e. The molecule has 2 aromatic rings. The van der Waals surface area contributed by atoms with E-state index in [0.717, 1.165) is 16.7 Å². The molecule has 1 fully saturated rings. The number of nitrogens with zero attached hydrogens (tertiary/aromatic N) is 1. The maximum atomic E-state index is 6.09. The summed E-state index contributed by atoms with van der Waals surface area (Å²) in [5, 5.41) is 0. The highest BCUT2D eigenvalue weighted by molar-refractivity contribution is 6.62. The molecule has 1 heterocycles. The van der Waals surface area contributed by atoms with Gasteiger partial charge >= 0.3 is 7.12 Å². The van der Waals surface area contributed by atoms with Crippen LogP contribution in [0.4, 0.5) is 5.69 Å². The van der Waals surface area contributed by atoms with Crippen molar-refractivity contribution in [2.45, 2.75) is 38.9 Å². The molecule has 118 valence electrons. The molecular weight excluding hydrogens is 285 g/mol. The first-order valence-corrected chi connectivity index (χ1v) is 7.92. The SMILES string of the molecule is CC1(C)OB(c2cccc(N=Cc3ccccc3)c2)OC1(C)C.